The van der Waals surface area contributed by atoms with Crippen LogP contribution in [-0.4, -0.2) is 28.0 Å². The van der Waals surface area contributed by atoms with Gasteiger partial charge in [0.1, 0.15) is 5.82 Å². The van der Waals surface area contributed by atoms with Gasteiger partial charge >= 0.3 is 0 Å². The van der Waals surface area contributed by atoms with Crippen LogP contribution in [-0.2, 0) is 19.4 Å². The van der Waals surface area contributed by atoms with Gasteiger partial charge in [0.2, 0.25) is 0 Å². The van der Waals surface area contributed by atoms with Gasteiger partial charge in [0.15, 0.2) is 0 Å². The van der Waals surface area contributed by atoms with Crippen molar-refractivity contribution in [3.05, 3.63) is 22.8 Å². The zero-order chi connectivity index (χ0) is 12.4. The lowest BCUT2D eigenvalue weighted by Gasteiger charge is -2.29. The molecule has 17 heavy (non-hydrogen) atoms. The Balaban J connectivity index is 2.42. The minimum atomic E-state index is 0.505. The van der Waals surface area contributed by atoms with Crippen LogP contribution in [0, 0.1) is 0 Å². The molecule has 0 saturated heterocycles. The molecule has 0 amide bonds. The summed E-state index contributed by atoms with van der Waals surface area (Å²) in [5.41, 5.74) is 3.97. The van der Waals surface area contributed by atoms with E-state index in [0.29, 0.717) is 5.92 Å². The number of aryl methyl sites for hydroxylation is 1. The number of rotatable bonds is 3. The normalized spacial score (nSPS) is 16.3. The third-order valence-corrected chi connectivity index (χ3v) is 3.53. The Kier molecular flexibility index (Phi) is 3.77. The lowest BCUT2D eigenvalue weighted by Crippen LogP contribution is -2.32. The maximum absolute atomic E-state index is 4.73. The van der Waals surface area contributed by atoms with Crippen molar-refractivity contribution in [2.45, 2.75) is 53.0 Å². The van der Waals surface area contributed by atoms with Gasteiger partial charge in [-0.2, -0.15) is 0 Å². The topological polar surface area (TPSA) is 29.0 Å². The molecule has 0 spiro atoms. The molecule has 0 aromatic carbocycles. The van der Waals surface area contributed by atoms with E-state index in [2.05, 4.69) is 32.6 Å². The van der Waals surface area contributed by atoms with Gasteiger partial charge < -0.3 is 0 Å². The van der Waals surface area contributed by atoms with Gasteiger partial charge in [-0.1, -0.05) is 27.7 Å². The first kappa shape index (κ1) is 12.5. The molecule has 0 saturated carbocycles. The van der Waals surface area contributed by atoms with Crippen LogP contribution in [0.25, 0.3) is 0 Å². The quantitative estimate of drug-likeness (QED) is 0.803. The highest BCUT2D eigenvalue weighted by Gasteiger charge is 2.22. The first-order valence-electron chi connectivity index (χ1n) is 6.76. The van der Waals surface area contributed by atoms with Gasteiger partial charge in [0, 0.05) is 19.5 Å². The van der Waals surface area contributed by atoms with E-state index in [1.54, 1.807) is 0 Å². The predicted octanol–water partition coefficient (Wildman–Crippen LogP) is 2.54. The Morgan fingerprint density at radius 3 is 2.59 bits per heavy atom. The van der Waals surface area contributed by atoms with E-state index in [1.165, 1.54) is 17.0 Å². The SMILES string of the molecule is CCc1nc2c(c(C(C)C)n1)CCN(CC)C2. The molecule has 94 valence electrons. The fourth-order valence-electron chi connectivity index (χ4n) is 2.47. The molecule has 1 aliphatic heterocycles. The van der Waals surface area contributed by atoms with E-state index in [4.69, 9.17) is 9.97 Å². The maximum Gasteiger partial charge on any atom is 0.128 e. The Morgan fingerprint density at radius 1 is 1.24 bits per heavy atom. The first-order valence-corrected chi connectivity index (χ1v) is 6.76. The fourth-order valence-corrected chi connectivity index (χ4v) is 2.47. The van der Waals surface area contributed by atoms with E-state index in [-0.39, 0.29) is 0 Å². The molecule has 0 aliphatic carbocycles. The second-order valence-electron chi connectivity index (χ2n) is 5.08. The Bertz CT molecular complexity index is 399. The number of hydrogen-bond donors (Lipinski definition) is 0. The van der Waals surface area contributed by atoms with Gasteiger partial charge in [-0.3, -0.25) is 4.90 Å². The van der Waals surface area contributed by atoms with Crippen molar-refractivity contribution in [1.29, 1.82) is 0 Å². The summed E-state index contributed by atoms with van der Waals surface area (Å²) in [4.78, 5) is 11.9. The first-order chi connectivity index (χ1) is 8.15. The average molecular weight is 233 g/mol. The summed E-state index contributed by atoms with van der Waals surface area (Å²) in [6.45, 7) is 12.1. The lowest BCUT2D eigenvalue weighted by molar-refractivity contribution is 0.261. The predicted molar refractivity (Wildman–Crippen MR) is 70.2 cm³/mol. The van der Waals surface area contributed by atoms with Crippen LogP contribution >= 0.6 is 0 Å². The van der Waals surface area contributed by atoms with Crippen molar-refractivity contribution >= 4 is 0 Å². The van der Waals surface area contributed by atoms with E-state index in [0.717, 1.165) is 38.3 Å². The number of nitrogens with zero attached hydrogens (tertiary/aromatic N) is 3. The summed E-state index contributed by atoms with van der Waals surface area (Å²) in [7, 11) is 0. The van der Waals surface area contributed by atoms with Crippen LogP contribution in [0.3, 0.4) is 0 Å². The second kappa shape index (κ2) is 5.13. The van der Waals surface area contributed by atoms with Crippen molar-refractivity contribution in [2.75, 3.05) is 13.1 Å². The molecule has 0 atom stereocenters. The Hall–Kier alpha value is -0.960. The van der Waals surface area contributed by atoms with E-state index in [9.17, 15) is 0 Å². The molecule has 3 nitrogen and oxygen atoms in total. The van der Waals surface area contributed by atoms with Crippen molar-refractivity contribution in [3.8, 4) is 0 Å². The third kappa shape index (κ3) is 2.49. The highest BCUT2D eigenvalue weighted by Crippen LogP contribution is 2.25. The zero-order valence-corrected chi connectivity index (χ0v) is 11.5. The third-order valence-electron chi connectivity index (χ3n) is 3.53. The molecule has 0 radical (unpaired) electrons. The summed E-state index contributed by atoms with van der Waals surface area (Å²) in [6.07, 6.45) is 2.04. The summed E-state index contributed by atoms with van der Waals surface area (Å²) < 4.78 is 0. The van der Waals surface area contributed by atoms with Crippen molar-refractivity contribution in [3.63, 3.8) is 0 Å². The van der Waals surface area contributed by atoms with Crippen LogP contribution in [0.5, 0.6) is 0 Å². The second-order valence-corrected chi connectivity index (χ2v) is 5.08. The van der Waals surface area contributed by atoms with E-state index < -0.39 is 0 Å². The van der Waals surface area contributed by atoms with Crippen LogP contribution in [0.2, 0.25) is 0 Å². The van der Waals surface area contributed by atoms with Gasteiger partial charge in [-0.15, -0.1) is 0 Å². The number of likely N-dealkylation sites (N-methyl/N-ethyl adjacent to an activating group) is 1. The highest BCUT2D eigenvalue weighted by atomic mass is 15.1. The zero-order valence-electron chi connectivity index (χ0n) is 11.5. The van der Waals surface area contributed by atoms with Gasteiger partial charge in [-0.25, -0.2) is 9.97 Å². The van der Waals surface area contributed by atoms with Crippen molar-refractivity contribution < 1.29 is 0 Å². The molecule has 1 aromatic heterocycles. The highest BCUT2D eigenvalue weighted by molar-refractivity contribution is 5.30. The molecular weight excluding hydrogens is 210 g/mol. The minimum Gasteiger partial charge on any atom is -0.297 e. The summed E-state index contributed by atoms with van der Waals surface area (Å²) in [6, 6.07) is 0. The van der Waals surface area contributed by atoms with Crippen LogP contribution in [0.15, 0.2) is 0 Å². The standard InChI is InChI=1S/C14H23N3/c1-5-13-15-12-9-17(6-2)8-7-11(12)14(16-13)10(3)4/h10H,5-9H2,1-4H3. The molecule has 1 aromatic rings. The Morgan fingerprint density at radius 2 is 2.00 bits per heavy atom. The van der Waals surface area contributed by atoms with Gasteiger partial charge in [0.25, 0.3) is 0 Å². The number of aromatic nitrogens is 2. The molecular formula is C14H23N3. The number of hydrogen-bond acceptors (Lipinski definition) is 3. The summed E-state index contributed by atoms with van der Waals surface area (Å²) >= 11 is 0. The molecule has 0 bridgehead atoms. The monoisotopic (exact) mass is 233 g/mol. The Labute approximate surface area is 104 Å². The molecule has 3 heteroatoms. The minimum absolute atomic E-state index is 0.505. The van der Waals surface area contributed by atoms with Crippen LogP contribution in [0.1, 0.15) is 56.4 Å². The molecule has 0 fully saturated rings. The molecule has 0 N–H and O–H groups in total. The molecule has 2 rings (SSSR count). The van der Waals surface area contributed by atoms with Crippen LogP contribution < -0.4 is 0 Å². The maximum atomic E-state index is 4.73. The lowest BCUT2D eigenvalue weighted by atomic mass is 9.96. The number of fused-ring (bicyclic) bond motifs is 1. The summed E-state index contributed by atoms with van der Waals surface area (Å²) in [5, 5.41) is 0. The molecule has 0 unspecified atom stereocenters. The largest absolute Gasteiger partial charge is 0.297 e. The average Bonchev–Trinajstić information content (AvgIpc) is 2.36. The smallest absolute Gasteiger partial charge is 0.128 e. The van der Waals surface area contributed by atoms with Crippen molar-refractivity contribution in [2.24, 2.45) is 0 Å². The fraction of sp³-hybridized carbons (Fsp3) is 0.714. The van der Waals surface area contributed by atoms with Crippen molar-refractivity contribution in [1.82, 2.24) is 14.9 Å². The molecule has 2 heterocycles. The van der Waals surface area contributed by atoms with E-state index in [1.807, 2.05) is 0 Å². The van der Waals surface area contributed by atoms with Gasteiger partial charge in [-0.05, 0) is 24.4 Å². The molecule has 1 aliphatic rings. The van der Waals surface area contributed by atoms with Gasteiger partial charge in [0.05, 0.1) is 11.4 Å². The van der Waals surface area contributed by atoms with Crippen LogP contribution in [0.4, 0.5) is 0 Å². The van der Waals surface area contributed by atoms with E-state index >= 15 is 0 Å². The summed E-state index contributed by atoms with van der Waals surface area (Å²) in [5.74, 6) is 1.51.